The van der Waals surface area contributed by atoms with Crippen LogP contribution in [0.2, 0.25) is 0 Å². The maximum Gasteiger partial charge on any atom is 0.250 e. The number of aromatic nitrogens is 1. The third-order valence-electron chi connectivity index (χ3n) is 6.06. The number of aromatic hydroxyl groups is 1. The standard InChI is InChI=1S/C28H28N4O4/c1-3-26(34)32-14-4-5-20(17-32)31-27-24(15-21(33)16-25(27)28(29)35)18(2)19-6-8-22(9-7-19)36-23-10-12-30-13-11-23/h3,6-13,15-16,20,31,33H,1-2,4-5,14,17H2,(H2,29,35). The second-order valence-corrected chi connectivity index (χ2v) is 8.54. The SMILES string of the molecule is C=CC(=O)N1CCCC(Nc2c(C(=C)c3ccc(Oc4ccncc4)cc3)cc(O)cc2C(N)=O)C1. The van der Waals surface area contributed by atoms with Crippen molar-refractivity contribution in [3.63, 3.8) is 0 Å². The second kappa shape index (κ2) is 10.8. The number of anilines is 1. The lowest BCUT2D eigenvalue weighted by Gasteiger charge is -2.34. The first kappa shape index (κ1) is 24.5. The van der Waals surface area contributed by atoms with Gasteiger partial charge < -0.3 is 25.8 Å². The van der Waals surface area contributed by atoms with Crippen LogP contribution < -0.4 is 15.8 Å². The normalized spacial score (nSPS) is 15.1. The molecule has 0 saturated carbocycles. The molecule has 1 aliphatic heterocycles. The molecule has 1 saturated heterocycles. The third-order valence-corrected chi connectivity index (χ3v) is 6.06. The lowest BCUT2D eigenvalue weighted by atomic mass is 9.93. The number of primary amides is 1. The Balaban J connectivity index is 1.63. The van der Waals surface area contributed by atoms with Crippen molar-refractivity contribution in [3.05, 3.63) is 96.8 Å². The van der Waals surface area contributed by atoms with Gasteiger partial charge in [0.1, 0.15) is 17.2 Å². The molecule has 1 aromatic heterocycles. The van der Waals surface area contributed by atoms with E-state index in [4.69, 9.17) is 10.5 Å². The van der Waals surface area contributed by atoms with Crippen molar-refractivity contribution in [2.24, 2.45) is 5.73 Å². The van der Waals surface area contributed by atoms with Crippen LogP contribution >= 0.6 is 0 Å². The van der Waals surface area contributed by atoms with Gasteiger partial charge in [0.05, 0.1) is 11.3 Å². The van der Waals surface area contributed by atoms with Crippen molar-refractivity contribution in [1.29, 1.82) is 0 Å². The summed E-state index contributed by atoms with van der Waals surface area (Å²) >= 11 is 0. The van der Waals surface area contributed by atoms with Gasteiger partial charge in [-0.2, -0.15) is 0 Å². The van der Waals surface area contributed by atoms with Crippen LogP contribution in [0.3, 0.4) is 0 Å². The molecular formula is C28H28N4O4. The molecule has 0 spiro atoms. The number of rotatable bonds is 8. The van der Waals surface area contributed by atoms with Gasteiger partial charge >= 0.3 is 0 Å². The Morgan fingerprint density at radius 1 is 1.11 bits per heavy atom. The zero-order valence-electron chi connectivity index (χ0n) is 19.8. The van der Waals surface area contributed by atoms with Gasteiger partial charge in [0.15, 0.2) is 0 Å². The zero-order valence-corrected chi connectivity index (χ0v) is 19.8. The predicted octanol–water partition coefficient (Wildman–Crippen LogP) is 4.33. The lowest BCUT2D eigenvalue weighted by molar-refractivity contribution is -0.127. The van der Waals surface area contributed by atoms with E-state index in [-0.39, 0.29) is 23.3 Å². The molecule has 3 aromatic rings. The Labute approximate surface area is 209 Å². The minimum Gasteiger partial charge on any atom is -0.508 e. The molecule has 2 amide bonds. The maximum absolute atomic E-state index is 12.3. The quantitative estimate of drug-likeness (QED) is 0.324. The number of ether oxygens (including phenoxy) is 1. The monoisotopic (exact) mass is 484 g/mol. The zero-order chi connectivity index (χ0) is 25.7. The van der Waals surface area contributed by atoms with Crippen LogP contribution in [0.15, 0.2) is 80.2 Å². The Hall–Kier alpha value is -4.59. The fourth-order valence-corrected chi connectivity index (χ4v) is 4.27. The largest absolute Gasteiger partial charge is 0.508 e. The Morgan fingerprint density at radius 3 is 2.44 bits per heavy atom. The van der Waals surface area contributed by atoms with Gasteiger partial charge in [-0.1, -0.05) is 25.3 Å². The Morgan fingerprint density at radius 2 is 1.78 bits per heavy atom. The van der Waals surface area contributed by atoms with Gasteiger partial charge in [0.2, 0.25) is 5.91 Å². The van der Waals surface area contributed by atoms with E-state index in [1.165, 1.54) is 12.1 Å². The smallest absolute Gasteiger partial charge is 0.250 e. The summed E-state index contributed by atoms with van der Waals surface area (Å²) in [5, 5.41) is 13.8. The molecule has 8 heteroatoms. The summed E-state index contributed by atoms with van der Waals surface area (Å²) in [5.74, 6) is 0.382. The third kappa shape index (κ3) is 5.55. The Bertz CT molecular complexity index is 1290. The first-order valence-corrected chi connectivity index (χ1v) is 11.6. The van der Waals surface area contributed by atoms with Gasteiger partial charge in [-0.15, -0.1) is 0 Å². The highest BCUT2D eigenvalue weighted by Gasteiger charge is 2.25. The number of benzene rings is 2. The molecule has 0 radical (unpaired) electrons. The number of nitrogens with one attached hydrogen (secondary N) is 1. The summed E-state index contributed by atoms with van der Waals surface area (Å²) in [6.45, 7) is 8.90. The van der Waals surface area contributed by atoms with Crippen LogP contribution in [0.5, 0.6) is 17.2 Å². The van der Waals surface area contributed by atoms with Crippen LogP contribution in [0, 0.1) is 0 Å². The fraction of sp³-hybridized carbons (Fsp3) is 0.179. The van der Waals surface area contributed by atoms with Crippen molar-refractivity contribution < 1.29 is 19.4 Å². The molecule has 0 aliphatic carbocycles. The van der Waals surface area contributed by atoms with E-state index >= 15 is 0 Å². The molecule has 0 bridgehead atoms. The predicted molar refractivity (Wildman–Crippen MR) is 139 cm³/mol. The van der Waals surface area contributed by atoms with E-state index in [1.54, 1.807) is 35.5 Å². The van der Waals surface area contributed by atoms with Crippen molar-refractivity contribution in [3.8, 4) is 17.2 Å². The maximum atomic E-state index is 12.3. The number of nitrogens with two attached hydrogens (primary N) is 1. The topological polar surface area (TPSA) is 118 Å². The molecule has 4 N–H and O–H groups in total. The van der Waals surface area contributed by atoms with Crippen LogP contribution in [0.1, 0.15) is 34.3 Å². The molecule has 2 heterocycles. The number of piperidine rings is 1. The van der Waals surface area contributed by atoms with Crippen molar-refractivity contribution in [2.75, 3.05) is 18.4 Å². The fourth-order valence-electron chi connectivity index (χ4n) is 4.27. The van der Waals surface area contributed by atoms with Gasteiger partial charge in [-0.3, -0.25) is 14.6 Å². The summed E-state index contributed by atoms with van der Waals surface area (Å²) in [5.41, 5.74) is 8.19. The van der Waals surface area contributed by atoms with Crippen LogP contribution in [-0.4, -0.2) is 45.9 Å². The van der Waals surface area contributed by atoms with E-state index in [2.05, 4.69) is 23.5 Å². The Kier molecular flexibility index (Phi) is 7.34. The molecule has 184 valence electrons. The van der Waals surface area contributed by atoms with Crippen LogP contribution in [0.25, 0.3) is 5.57 Å². The number of likely N-dealkylation sites (tertiary alicyclic amines) is 1. The summed E-state index contributed by atoms with van der Waals surface area (Å²) in [6.07, 6.45) is 6.20. The summed E-state index contributed by atoms with van der Waals surface area (Å²) in [4.78, 5) is 30.1. The number of hydrogen-bond donors (Lipinski definition) is 3. The average molecular weight is 485 g/mol. The molecule has 1 fully saturated rings. The molecule has 36 heavy (non-hydrogen) atoms. The number of hydrogen-bond acceptors (Lipinski definition) is 6. The number of pyridine rings is 1. The minimum atomic E-state index is -0.682. The van der Waals surface area contributed by atoms with E-state index in [0.717, 1.165) is 18.4 Å². The van der Waals surface area contributed by atoms with E-state index < -0.39 is 5.91 Å². The minimum absolute atomic E-state index is 0.102. The number of carbonyl (C=O) groups is 2. The number of carbonyl (C=O) groups excluding carboxylic acids is 2. The van der Waals surface area contributed by atoms with Crippen LogP contribution in [0.4, 0.5) is 5.69 Å². The molecular weight excluding hydrogens is 456 g/mol. The van der Waals surface area contributed by atoms with Gasteiger partial charge in [-0.25, -0.2) is 0 Å². The average Bonchev–Trinajstić information content (AvgIpc) is 2.89. The first-order chi connectivity index (χ1) is 17.4. The van der Waals surface area contributed by atoms with E-state index in [1.807, 2.05) is 24.3 Å². The number of phenols is 1. The van der Waals surface area contributed by atoms with E-state index in [9.17, 15) is 14.7 Å². The molecule has 1 aliphatic rings. The van der Waals surface area contributed by atoms with Crippen LogP contribution in [-0.2, 0) is 4.79 Å². The number of nitrogens with zero attached hydrogens (tertiary/aromatic N) is 2. The second-order valence-electron chi connectivity index (χ2n) is 8.54. The lowest BCUT2D eigenvalue weighted by Crippen LogP contribution is -2.44. The summed E-state index contributed by atoms with van der Waals surface area (Å²) < 4.78 is 5.83. The van der Waals surface area contributed by atoms with Crippen molar-refractivity contribution in [2.45, 2.75) is 18.9 Å². The van der Waals surface area contributed by atoms with Gasteiger partial charge in [-0.05, 0) is 66.5 Å². The number of phenolic OH excluding ortho intramolecular Hbond substituents is 1. The van der Waals surface area contributed by atoms with Gasteiger partial charge in [0, 0.05) is 37.1 Å². The highest BCUT2D eigenvalue weighted by Crippen LogP contribution is 2.36. The van der Waals surface area contributed by atoms with E-state index in [0.29, 0.717) is 41.4 Å². The highest BCUT2D eigenvalue weighted by molar-refractivity contribution is 6.03. The molecule has 2 aromatic carbocycles. The van der Waals surface area contributed by atoms with Crippen molar-refractivity contribution >= 4 is 23.1 Å². The highest BCUT2D eigenvalue weighted by atomic mass is 16.5. The molecule has 1 unspecified atom stereocenters. The van der Waals surface area contributed by atoms with Crippen molar-refractivity contribution in [1.82, 2.24) is 9.88 Å². The molecule has 1 atom stereocenters. The van der Waals surface area contributed by atoms with Gasteiger partial charge in [0.25, 0.3) is 5.91 Å². The number of amides is 2. The molecule has 8 nitrogen and oxygen atoms in total. The summed E-state index contributed by atoms with van der Waals surface area (Å²) in [7, 11) is 0. The molecule has 4 rings (SSSR count). The summed E-state index contributed by atoms with van der Waals surface area (Å²) in [6, 6.07) is 13.6. The first-order valence-electron chi connectivity index (χ1n) is 11.6.